The molecule has 0 bridgehead atoms. The van der Waals surface area contributed by atoms with Gasteiger partial charge in [-0.3, -0.25) is 0 Å². The van der Waals surface area contributed by atoms with Crippen LogP contribution in [0.3, 0.4) is 0 Å². The first kappa shape index (κ1) is 13.6. The Morgan fingerprint density at radius 1 is 1.00 bits per heavy atom. The van der Waals surface area contributed by atoms with Crippen molar-refractivity contribution in [2.45, 2.75) is 6.92 Å². The number of hydrogen-bond acceptors (Lipinski definition) is 3. The Morgan fingerprint density at radius 3 is 2.06 bits per heavy atom. The van der Waals surface area contributed by atoms with Crippen LogP contribution in [0, 0.1) is 6.92 Å². The summed E-state index contributed by atoms with van der Waals surface area (Å²) in [6.07, 6.45) is 0. The SMILES string of the molecule is Cc1ccccc1O.O=C(O)c1cccc(O)c1. The average molecular weight is 246 g/mol. The summed E-state index contributed by atoms with van der Waals surface area (Å²) in [4.78, 5) is 10.2. The van der Waals surface area contributed by atoms with Gasteiger partial charge in [0, 0.05) is 0 Å². The molecule has 0 aliphatic heterocycles. The number of phenols is 2. The predicted molar refractivity (Wildman–Crippen MR) is 67.9 cm³/mol. The van der Waals surface area contributed by atoms with Crippen molar-refractivity contribution in [3.05, 3.63) is 59.7 Å². The molecule has 0 saturated carbocycles. The molecule has 0 aromatic heterocycles. The molecule has 3 N–H and O–H groups in total. The Kier molecular flexibility index (Phi) is 4.75. The minimum Gasteiger partial charge on any atom is -0.508 e. The third-order valence-corrected chi connectivity index (χ3v) is 2.21. The summed E-state index contributed by atoms with van der Waals surface area (Å²) in [6, 6.07) is 12.8. The summed E-state index contributed by atoms with van der Waals surface area (Å²) in [5, 5.41) is 26.1. The van der Waals surface area contributed by atoms with E-state index in [9.17, 15) is 4.79 Å². The van der Waals surface area contributed by atoms with Crippen LogP contribution in [-0.4, -0.2) is 21.3 Å². The van der Waals surface area contributed by atoms with E-state index >= 15 is 0 Å². The minimum atomic E-state index is -1.03. The van der Waals surface area contributed by atoms with Crippen molar-refractivity contribution >= 4 is 5.97 Å². The van der Waals surface area contributed by atoms with Crippen molar-refractivity contribution in [3.8, 4) is 11.5 Å². The van der Waals surface area contributed by atoms with E-state index in [2.05, 4.69) is 0 Å². The lowest BCUT2D eigenvalue weighted by atomic mass is 10.2. The van der Waals surface area contributed by atoms with Gasteiger partial charge in [0.2, 0.25) is 0 Å². The molecule has 18 heavy (non-hydrogen) atoms. The summed E-state index contributed by atoms with van der Waals surface area (Å²) in [7, 11) is 0. The number of hydrogen-bond donors (Lipinski definition) is 3. The standard InChI is InChI=1S/C7H6O3.C7H8O/c8-6-3-1-2-5(4-6)7(9)10;1-6-4-2-3-5-7(6)8/h1-4,8H,(H,9,10);2-5,8H,1H3. The molecule has 0 heterocycles. The first-order valence-electron chi connectivity index (χ1n) is 5.27. The van der Waals surface area contributed by atoms with E-state index < -0.39 is 5.97 Å². The van der Waals surface area contributed by atoms with Crippen molar-refractivity contribution in [2.24, 2.45) is 0 Å². The first-order chi connectivity index (χ1) is 8.50. The highest BCUT2D eigenvalue weighted by Crippen LogP contribution is 2.12. The number of benzene rings is 2. The number of carboxylic acid groups (broad SMARTS) is 1. The van der Waals surface area contributed by atoms with Gasteiger partial charge in [-0.15, -0.1) is 0 Å². The minimum absolute atomic E-state index is 0.0279. The zero-order valence-electron chi connectivity index (χ0n) is 9.87. The van der Waals surface area contributed by atoms with Crippen molar-refractivity contribution in [2.75, 3.05) is 0 Å². The molecule has 0 aliphatic rings. The maximum Gasteiger partial charge on any atom is 0.335 e. The van der Waals surface area contributed by atoms with Crippen LogP contribution in [0.25, 0.3) is 0 Å². The average Bonchev–Trinajstić information content (AvgIpc) is 2.34. The monoisotopic (exact) mass is 246 g/mol. The fraction of sp³-hybridized carbons (Fsp3) is 0.0714. The van der Waals surface area contributed by atoms with Gasteiger partial charge in [-0.05, 0) is 36.8 Å². The number of carboxylic acids is 1. The van der Waals surface area contributed by atoms with Gasteiger partial charge in [0.1, 0.15) is 11.5 Å². The number of phenolic OH excluding ortho intramolecular Hbond substituents is 2. The zero-order valence-corrected chi connectivity index (χ0v) is 9.87. The van der Waals surface area contributed by atoms with E-state index in [1.807, 2.05) is 25.1 Å². The van der Waals surface area contributed by atoms with Crippen molar-refractivity contribution in [1.82, 2.24) is 0 Å². The number of para-hydroxylation sites is 1. The molecule has 0 atom stereocenters. The zero-order chi connectivity index (χ0) is 13.5. The van der Waals surface area contributed by atoms with Gasteiger partial charge in [-0.25, -0.2) is 4.79 Å². The molecule has 0 amide bonds. The summed E-state index contributed by atoms with van der Waals surface area (Å²) in [5.41, 5.74) is 1.02. The van der Waals surface area contributed by atoms with Gasteiger partial charge in [0.25, 0.3) is 0 Å². The van der Waals surface area contributed by atoms with Crippen LogP contribution in [-0.2, 0) is 0 Å². The van der Waals surface area contributed by atoms with Crippen molar-refractivity contribution in [3.63, 3.8) is 0 Å². The maximum absolute atomic E-state index is 10.2. The number of carbonyl (C=O) groups is 1. The van der Waals surface area contributed by atoms with Gasteiger partial charge < -0.3 is 15.3 Å². The van der Waals surface area contributed by atoms with Gasteiger partial charge >= 0.3 is 5.97 Å². The second-order valence-corrected chi connectivity index (χ2v) is 3.64. The highest BCUT2D eigenvalue weighted by molar-refractivity contribution is 5.87. The van der Waals surface area contributed by atoms with Crippen LogP contribution >= 0.6 is 0 Å². The molecular formula is C14H14O4. The summed E-state index contributed by atoms with van der Waals surface area (Å²) >= 11 is 0. The number of rotatable bonds is 1. The van der Waals surface area contributed by atoms with E-state index in [1.165, 1.54) is 24.3 Å². The molecule has 0 fully saturated rings. The Balaban J connectivity index is 0.000000184. The highest BCUT2D eigenvalue weighted by atomic mass is 16.4. The Bertz CT molecular complexity index is 514. The van der Waals surface area contributed by atoms with E-state index in [4.69, 9.17) is 15.3 Å². The third-order valence-electron chi connectivity index (χ3n) is 2.21. The van der Waals surface area contributed by atoms with Crippen LogP contribution in [0.4, 0.5) is 0 Å². The third kappa shape index (κ3) is 4.17. The van der Waals surface area contributed by atoms with E-state index in [1.54, 1.807) is 6.07 Å². The molecule has 0 radical (unpaired) electrons. The Labute approximate surface area is 105 Å². The van der Waals surface area contributed by atoms with Crippen molar-refractivity contribution in [1.29, 1.82) is 0 Å². The van der Waals surface area contributed by atoms with Crippen LogP contribution < -0.4 is 0 Å². The lowest BCUT2D eigenvalue weighted by Gasteiger charge is -1.92. The fourth-order valence-electron chi connectivity index (χ4n) is 1.20. The molecule has 0 aliphatic carbocycles. The molecule has 2 rings (SSSR count). The van der Waals surface area contributed by atoms with Crippen LogP contribution in [0.5, 0.6) is 11.5 Å². The Hall–Kier alpha value is -2.49. The van der Waals surface area contributed by atoms with Crippen LogP contribution in [0.15, 0.2) is 48.5 Å². The largest absolute Gasteiger partial charge is 0.508 e. The lowest BCUT2D eigenvalue weighted by molar-refractivity contribution is 0.0696. The first-order valence-corrected chi connectivity index (χ1v) is 5.27. The molecular weight excluding hydrogens is 232 g/mol. The molecule has 0 spiro atoms. The number of aromatic carboxylic acids is 1. The molecule has 4 nitrogen and oxygen atoms in total. The molecule has 0 saturated heterocycles. The van der Waals surface area contributed by atoms with E-state index in [0.29, 0.717) is 5.75 Å². The highest BCUT2D eigenvalue weighted by Gasteiger charge is 2.00. The number of aromatic hydroxyl groups is 2. The second-order valence-electron chi connectivity index (χ2n) is 3.64. The smallest absolute Gasteiger partial charge is 0.335 e. The molecule has 94 valence electrons. The van der Waals surface area contributed by atoms with Crippen LogP contribution in [0.2, 0.25) is 0 Å². The molecule has 2 aromatic carbocycles. The molecule has 0 unspecified atom stereocenters. The summed E-state index contributed by atoms with van der Waals surface area (Å²) in [6.45, 7) is 1.87. The fourth-order valence-corrected chi connectivity index (χ4v) is 1.20. The summed E-state index contributed by atoms with van der Waals surface area (Å²) < 4.78 is 0. The van der Waals surface area contributed by atoms with Gasteiger partial charge in [-0.1, -0.05) is 24.3 Å². The van der Waals surface area contributed by atoms with Crippen LogP contribution in [0.1, 0.15) is 15.9 Å². The van der Waals surface area contributed by atoms with E-state index in [0.717, 1.165) is 5.56 Å². The normalized spacial score (nSPS) is 9.17. The quantitative estimate of drug-likeness (QED) is 0.723. The van der Waals surface area contributed by atoms with Gasteiger partial charge in [-0.2, -0.15) is 0 Å². The second kappa shape index (κ2) is 6.30. The lowest BCUT2D eigenvalue weighted by Crippen LogP contribution is -1.94. The van der Waals surface area contributed by atoms with E-state index in [-0.39, 0.29) is 11.3 Å². The van der Waals surface area contributed by atoms with Crippen molar-refractivity contribution < 1.29 is 20.1 Å². The topological polar surface area (TPSA) is 77.8 Å². The number of aryl methyl sites for hydroxylation is 1. The maximum atomic E-state index is 10.2. The van der Waals surface area contributed by atoms with Gasteiger partial charge in [0.15, 0.2) is 0 Å². The van der Waals surface area contributed by atoms with Gasteiger partial charge in [0.05, 0.1) is 5.56 Å². The summed E-state index contributed by atoms with van der Waals surface area (Å²) in [5.74, 6) is -0.691. The predicted octanol–water partition coefficient (Wildman–Crippen LogP) is 2.79. The molecule has 4 heteroatoms. The Morgan fingerprint density at radius 2 is 1.67 bits per heavy atom. The molecule has 2 aromatic rings.